The maximum Gasteiger partial charge on any atom is 0.226 e. The van der Waals surface area contributed by atoms with Crippen molar-refractivity contribution in [2.24, 2.45) is 0 Å². The monoisotopic (exact) mass is 258 g/mol. The molecule has 0 aliphatic heterocycles. The summed E-state index contributed by atoms with van der Waals surface area (Å²) in [5.41, 5.74) is 0. The van der Waals surface area contributed by atoms with E-state index in [2.05, 4.69) is 38.1 Å². The van der Waals surface area contributed by atoms with Crippen LogP contribution in [0.4, 0.5) is 11.8 Å². The molecule has 5 heteroatoms. The predicted molar refractivity (Wildman–Crippen MR) is 62.8 cm³/mol. The fourth-order valence-corrected chi connectivity index (χ4v) is 1.27. The van der Waals surface area contributed by atoms with Gasteiger partial charge >= 0.3 is 0 Å². The molecule has 0 unspecified atom stereocenters. The second-order valence-corrected chi connectivity index (χ2v) is 4.04. The number of aromatic nitrogens is 2. The van der Waals surface area contributed by atoms with Crippen LogP contribution in [0.3, 0.4) is 0 Å². The molecule has 0 fully saturated rings. The quantitative estimate of drug-likeness (QED) is 0.899. The van der Waals surface area contributed by atoms with E-state index in [9.17, 15) is 0 Å². The van der Waals surface area contributed by atoms with Crippen molar-refractivity contribution in [2.75, 3.05) is 30.9 Å². The molecule has 4 nitrogen and oxygen atoms in total. The third-order valence-electron chi connectivity index (χ3n) is 1.67. The van der Waals surface area contributed by atoms with Crippen LogP contribution in [0.5, 0.6) is 0 Å². The van der Waals surface area contributed by atoms with Gasteiger partial charge in [0.15, 0.2) is 0 Å². The predicted octanol–water partition coefficient (Wildman–Crippen LogP) is 2.13. The van der Waals surface area contributed by atoms with Crippen LogP contribution in [0.25, 0.3) is 0 Å². The van der Waals surface area contributed by atoms with Crippen LogP contribution in [-0.4, -0.2) is 30.6 Å². The van der Waals surface area contributed by atoms with Crippen molar-refractivity contribution in [1.82, 2.24) is 9.97 Å². The highest BCUT2D eigenvalue weighted by Gasteiger charge is 2.04. The van der Waals surface area contributed by atoms with Crippen molar-refractivity contribution >= 4 is 27.7 Å². The summed E-state index contributed by atoms with van der Waals surface area (Å²) in [6.07, 6.45) is 2.84. The van der Waals surface area contributed by atoms with Crippen molar-refractivity contribution < 1.29 is 0 Å². The van der Waals surface area contributed by atoms with Crippen LogP contribution in [0.1, 0.15) is 13.3 Å². The first kappa shape index (κ1) is 11.2. The Labute approximate surface area is 92.9 Å². The zero-order chi connectivity index (χ0) is 10.6. The summed E-state index contributed by atoms with van der Waals surface area (Å²) in [4.78, 5) is 10.4. The van der Waals surface area contributed by atoms with Crippen molar-refractivity contribution in [3.8, 4) is 0 Å². The molecule has 0 saturated carbocycles. The smallest absolute Gasteiger partial charge is 0.226 e. The van der Waals surface area contributed by atoms with Crippen LogP contribution in [-0.2, 0) is 0 Å². The van der Waals surface area contributed by atoms with Gasteiger partial charge in [-0.3, -0.25) is 0 Å². The van der Waals surface area contributed by atoms with E-state index in [-0.39, 0.29) is 0 Å². The average molecular weight is 259 g/mol. The topological polar surface area (TPSA) is 41.1 Å². The summed E-state index contributed by atoms with van der Waals surface area (Å²) in [5.74, 6) is 1.57. The standard InChI is InChI=1S/C9H15BrN4/c1-4-5-11-8-7(10)6-12-9(13-8)14(2)3/h6H,4-5H2,1-3H3,(H,11,12,13). The maximum atomic E-state index is 4.37. The molecule has 0 aliphatic carbocycles. The second kappa shape index (κ2) is 5.14. The molecule has 1 aromatic rings. The normalized spacial score (nSPS) is 10.0. The molecule has 0 bridgehead atoms. The molecule has 0 radical (unpaired) electrons. The highest BCUT2D eigenvalue weighted by molar-refractivity contribution is 9.10. The molecule has 1 aromatic heterocycles. The third kappa shape index (κ3) is 2.83. The van der Waals surface area contributed by atoms with Gasteiger partial charge in [-0.1, -0.05) is 6.92 Å². The van der Waals surface area contributed by atoms with Gasteiger partial charge in [-0.15, -0.1) is 0 Å². The van der Waals surface area contributed by atoms with Gasteiger partial charge in [-0.05, 0) is 22.4 Å². The van der Waals surface area contributed by atoms with E-state index in [0.717, 1.165) is 23.3 Å². The Morgan fingerprint density at radius 2 is 2.21 bits per heavy atom. The summed E-state index contributed by atoms with van der Waals surface area (Å²) >= 11 is 3.40. The number of rotatable bonds is 4. The number of halogens is 1. The Kier molecular flexibility index (Phi) is 4.13. The lowest BCUT2D eigenvalue weighted by Crippen LogP contribution is -2.14. The van der Waals surface area contributed by atoms with Gasteiger partial charge in [-0.25, -0.2) is 4.98 Å². The highest BCUT2D eigenvalue weighted by Crippen LogP contribution is 2.20. The van der Waals surface area contributed by atoms with Gasteiger partial charge in [0.25, 0.3) is 0 Å². The maximum absolute atomic E-state index is 4.37. The zero-order valence-corrected chi connectivity index (χ0v) is 10.3. The second-order valence-electron chi connectivity index (χ2n) is 3.19. The number of nitrogens with one attached hydrogen (secondary N) is 1. The van der Waals surface area contributed by atoms with E-state index in [1.165, 1.54) is 0 Å². The SMILES string of the molecule is CCCNc1nc(N(C)C)ncc1Br. The molecule has 0 atom stereocenters. The first-order chi connectivity index (χ1) is 6.65. The lowest BCUT2D eigenvalue weighted by molar-refractivity contribution is 0.946. The molecule has 0 aromatic carbocycles. The van der Waals surface area contributed by atoms with E-state index in [0.29, 0.717) is 5.95 Å². The van der Waals surface area contributed by atoms with Crippen LogP contribution < -0.4 is 10.2 Å². The van der Waals surface area contributed by atoms with Gasteiger partial charge in [0.05, 0.1) is 4.47 Å². The molecule has 1 heterocycles. The Balaban J connectivity index is 2.85. The lowest BCUT2D eigenvalue weighted by Gasteiger charge is -2.12. The number of hydrogen-bond donors (Lipinski definition) is 1. The lowest BCUT2D eigenvalue weighted by atomic mass is 10.4. The van der Waals surface area contributed by atoms with Crippen molar-refractivity contribution in [3.05, 3.63) is 10.7 Å². The first-order valence-electron chi connectivity index (χ1n) is 4.59. The minimum absolute atomic E-state index is 0.715. The van der Waals surface area contributed by atoms with Gasteiger partial charge in [0.2, 0.25) is 5.95 Å². The number of anilines is 2. The third-order valence-corrected chi connectivity index (χ3v) is 2.25. The zero-order valence-electron chi connectivity index (χ0n) is 8.71. The molecule has 78 valence electrons. The van der Waals surface area contributed by atoms with Crippen LogP contribution in [0.15, 0.2) is 10.7 Å². The van der Waals surface area contributed by atoms with Crippen LogP contribution in [0, 0.1) is 0 Å². The Morgan fingerprint density at radius 1 is 1.50 bits per heavy atom. The van der Waals surface area contributed by atoms with Crippen LogP contribution in [0.2, 0.25) is 0 Å². The Hall–Kier alpha value is -0.840. The van der Waals surface area contributed by atoms with E-state index in [4.69, 9.17) is 0 Å². The molecular weight excluding hydrogens is 244 g/mol. The van der Waals surface area contributed by atoms with E-state index in [1.807, 2.05) is 19.0 Å². The van der Waals surface area contributed by atoms with Crippen molar-refractivity contribution in [3.63, 3.8) is 0 Å². The van der Waals surface area contributed by atoms with E-state index < -0.39 is 0 Å². The van der Waals surface area contributed by atoms with Crippen LogP contribution >= 0.6 is 15.9 Å². The molecule has 14 heavy (non-hydrogen) atoms. The van der Waals surface area contributed by atoms with Gasteiger partial charge < -0.3 is 10.2 Å². The molecule has 0 spiro atoms. The fraction of sp³-hybridized carbons (Fsp3) is 0.556. The molecule has 0 amide bonds. The van der Waals surface area contributed by atoms with E-state index in [1.54, 1.807) is 6.20 Å². The Bertz CT molecular complexity index is 301. The van der Waals surface area contributed by atoms with Gasteiger partial charge in [0.1, 0.15) is 5.82 Å². The van der Waals surface area contributed by atoms with Crippen molar-refractivity contribution in [2.45, 2.75) is 13.3 Å². The first-order valence-corrected chi connectivity index (χ1v) is 5.38. The summed E-state index contributed by atoms with van der Waals surface area (Å²) in [6.45, 7) is 3.04. The average Bonchev–Trinajstić information content (AvgIpc) is 2.16. The minimum Gasteiger partial charge on any atom is -0.369 e. The minimum atomic E-state index is 0.715. The molecular formula is C9H15BrN4. The number of nitrogens with zero attached hydrogens (tertiary/aromatic N) is 3. The summed E-state index contributed by atoms with van der Waals surface area (Å²) in [5, 5.41) is 3.23. The summed E-state index contributed by atoms with van der Waals surface area (Å²) in [7, 11) is 3.85. The highest BCUT2D eigenvalue weighted by atomic mass is 79.9. The summed E-state index contributed by atoms with van der Waals surface area (Å²) < 4.78 is 0.900. The van der Waals surface area contributed by atoms with Crippen molar-refractivity contribution in [1.29, 1.82) is 0 Å². The molecule has 0 saturated heterocycles. The number of hydrogen-bond acceptors (Lipinski definition) is 4. The van der Waals surface area contributed by atoms with Gasteiger partial charge in [0, 0.05) is 26.8 Å². The molecule has 1 rings (SSSR count). The largest absolute Gasteiger partial charge is 0.369 e. The molecule has 1 N–H and O–H groups in total. The molecule has 0 aliphatic rings. The summed E-state index contributed by atoms with van der Waals surface area (Å²) in [6, 6.07) is 0. The van der Waals surface area contributed by atoms with Gasteiger partial charge in [-0.2, -0.15) is 4.98 Å². The van der Waals surface area contributed by atoms with E-state index >= 15 is 0 Å². The Morgan fingerprint density at radius 3 is 2.79 bits per heavy atom. The fourth-order valence-electron chi connectivity index (χ4n) is 0.941.